The molecule has 1 atom stereocenters. The molecule has 0 spiro atoms. The first kappa shape index (κ1) is 12.3. The molecule has 0 saturated carbocycles. The highest BCUT2D eigenvalue weighted by Crippen LogP contribution is 2.28. The van der Waals surface area contributed by atoms with Crippen LogP contribution < -0.4 is 0 Å². The molecule has 0 fully saturated rings. The SMILES string of the molecule is CC(Cc1ccc(O)cc1O)c1ccc(O)cc1. The average Bonchev–Trinajstić information content (AvgIpc) is 2.33. The zero-order valence-corrected chi connectivity index (χ0v) is 10.2. The summed E-state index contributed by atoms with van der Waals surface area (Å²) in [7, 11) is 0. The highest BCUT2D eigenvalue weighted by molar-refractivity contribution is 5.40. The molecule has 0 heterocycles. The third kappa shape index (κ3) is 2.74. The summed E-state index contributed by atoms with van der Waals surface area (Å²) in [5.41, 5.74) is 1.90. The van der Waals surface area contributed by atoms with Crippen LogP contribution in [0.5, 0.6) is 17.2 Å². The van der Waals surface area contributed by atoms with Gasteiger partial charge in [0.1, 0.15) is 17.2 Å². The summed E-state index contributed by atoms with van der Waals surface area (Å²) in [6, 6.07) is 11.7. The van der Waals surface area contributed by atoms with Crippen LogP contribution in [0.3, 0.4) is 0 Å². The van der Waals surface area contributed by atoms with E-state index < -0.39 is 0 Å². The van der Waals surface area contributed by atoms with Crippen molar-refractivity contribution in [2.75, 3.05) is 0 Å². The standard InChI is InChI=1S/C15H16O3/c1-10(11-2-5-13(16)6-3-11)8-12-4-7-14(17)9-15(12)18/h2-7,9-10,16-18H,8H2,1H3. The van der Waals surface area contributed by atoms with Crippen LogP contribution >= 0.6 is 0 Å². The molecule has 3 nitrogen and oxygen atoms in total. The summed E-state index contributed by atoms with van der Waals surface area (Å²) >= 11 is 0. The van der Waals surface area contributed by atoms with Crippen LogP contribution in [0, 0.1) is 0 Å². The monoisotopic (exact) mass is 244 g/mol. The van der Waals surface area contributed by atoms with Gasteiger partial charge in [-0.1, -0.05) is 25.1 Å². The van der Waals surface area contributed by atoms with E-state index >= 15 is 0 Å². The molecule has 2 rings (SSSR count). The number of aromatic hydroxyl groups is 3. The number of hydrogen-bond donors (Lipinski definition) is 3. The second-order valence-electron chi connectivity index (χ2n) is 4.51. The molecule has 1 unspecified atom stereocenters. The Balaban J connectivity index is 2.15. The smallest absolute Gasteiger partial charge is 0.122 e. The molecule has 0 bridgehead atoms. The summed E-state index contributed by atoms with van der Waals surface area (Å²) in [5, 5.41) is 28.2. The Morgan fingerprint density at radius 1 is 0.889 bits per heavy atom. The van der Waals surface area contributed by atoms with Gasteiger partial charge < -0.3 is 15.3 Å². The van der Waals surface area contributed by atoms with Gasteiger partial charge in [0.15, 0.2) is 0 Å². The third-order valence-corrected chi connectivity index (χ3v) is 3.06. The Hall–Kier alpha value is -2.16. The van der Waals surface area contributed by atoms with Crippen LogP contribution in [0.4, 0.5) is 0 Å². The third-order valence-electron chi connectivity index (χ3n) is 3.06. The minimum absolute atomic E-state index is 0.0635. The summed E-state index contributed by atoms with van der Waals surface area (Å²) in [6.07, 6.45) is 0.677. The molecule has 0 aliphatic heterocycles. The molecule has 18 heavy (non-hydrogen) atoms. The molecule has 3 N–H and O–H groups in total. The van der Waals surface area contributed by atoms with Gasteiger partial charge in [0.2, 0.25) is 0 Å². The summed E-state index contributed by atoms with van der Waals surface area (Å²) < 4.78 is 0. The molecular weight excluding hydrogens is 228 g/mol. The molecule has 3 heteroatoms. The average molecular weight is 244 g/mol. The summed E-state index contributed by atoms with van der Waals surface area (Å²) in [4.78, 5) is 0. The second-order valence-corrected chi connectivity index (χ2v) is 4.51. The number of phenols is 3. The highest BCUT2D eigenvalue weighted by atomic mass is 16.3. The normalized spacial score (nSPS) is 12.3. The van der Waals surface area contributed by atoms with Crippen LogP contribution in [0.25, 0.3) is 0 Å². The number of hydrogen-bond acceptors (Lipinski definition) is 3. The van der Waals surface area contributed by atoms with Crippen LogP contribution in [0.15, 0.2) is 42.5 Å². The van der Waals surface area contributed by atoms with Crippen molar-refractivity contribution in [2.45, 2.75) is 19.3 Å². The van der Waals surface area contributed by atoms with E-state index in [-0.39, 0.29) is 23.2 Å². The molecule has 0 radical (unpaired) electrons. The van der Waals surface area contributed by atoms with E-state index in [0.29, 0.717) is 6.42 Å². The predicted octanol–water partition coefficient (Wildman–Crippen LogP) is 3.15. The van der Waals surface area contributed by atoms with Gasteiger partial charge in [0, 0.05) is 6.07 Å². The van der Waals surface area contributed by atoms with Crippen molar-refractivity contribution in [1.29, 1.82) is 0 Å². The zero-order chi connectivity index (χ0) is 13.1. The predicted molar refractivity (Wildman–Crippen MR) is 70.0 cm³/mol. The van der Waals surface area contributed by atoms with Gasteiger partial charge >= 0.3 is 0 Å². The summed E-state index contributed by atoms with van der Waals surface area (Å²) in [5.74, 6) is 0.647. The Labute approximate surface area is 106 Å². The van der Waals surface area contributed by atoms with E-state index in [0.717, 1.165) is 11.1 Å². The van der Waals surface area contributed by atoms with E-state index in [1.54, 1.807) is 24.3 Å². The molecule has 0 saturated heterocycles. The minimum Gasteiger partial charge on any atom is -0.508 e. The fraction of sp³-hybridized carbons (Fsp3) is 0.200. The number of benzene rings is 2. The van der Waals surface area contributed by atoms with Gasteiger partial charge in [-0.3, -0.25) is 0 Å². The largest absolute Gasteiger partial charge is 0.508 e. The molecule has 0 aliphatic rings. The van der Waals surface area contributed by atoms with E-state index in [1.165, 1.54) is 6.07 Å². The number of rotatable bonds is 3. The van der Waals surface area contributed by atoms with Crippen LogP contribution in [0.1, 0.15) is 24.0 Å². The van der Waals surface area contributed by atoms with Gasteiger partial charge in [-0.05, 0) is 41.7 Å². The maximum absolute atomic E-state index is 9.73. The zero-order valence-electron chi connectivity index (χ0n) is 10.2. The maximum atomic E-state index is 9.73. The lowest BCUT2D eigenvalue weighted by atomic mass is 9.93. The molecule has 0 aromatic heterocycles. The minimum atomic E-state index is 0.0635. The maximum Gasteiger partial charge on any atom is 0.122 e. The molecule has 2 aromatic carbocycles. The topological polar surface area (TPSA) is 60.7 Å². The van der Waals surface area contributed by atoms with Crippen molar-refractivity contribution >= 4 is 0 Å². The van der Waals surface area contributed by atoms with E-state index in [2.05, 4.69) is 6.92 Å². The molecule has 0 aliphatic carbocycles. The lowest BCUT2D eigenvalue weighted by molar-refractivity contribution is 0.444. The van der Waals surface area contributed by atoms with Crippen LogP contribution in [-0.2, 0) is 6.42 Å². The number of phenolic OH excluding ortho intramolecular Hbond substituents is 3. The Morgan fingerprint density at radius 3 is 2.11 bits per heavy atom. The van der Waals surface area contributed by atoms with Crippen LogP contribution in [-0.4, -0.2) is 15.3 Å². The molecule has 0 amide bonds. The highest BCUT2D eigenvalue weighted by Gasteiger charge is 2.10. The first-order valence-electron chi connectivity index (χ1n) is 5.86. The van der Waals surface area contributed by atoms with Gasteiger partial charge in [0.25, 0.3) is 0 Å². The van der Waals surface area contributed by atoms with Crippen molar-refractivity contribution in [3.63, 3.8) is 0 Å². The van der Waals surface area contributed by atoms with Crippen molar-refractivity contribution < 1.29 is 15.3 Å². The lowest BCUT2D eigenvalue weighted by Crippen LogP contribution is -1.98. The fourth-order valence-corrected chi connectivity index (χ4v) is 1.98. The van der Waals surface area contributed by atoms with E-state index in [1.807, 2.05) is 12.1 Å². The molecule has 94 valence electrons. The van der Waals surface area contributed by atoms with Crippen molar-refractivity contribution in [3.8, 4) is 17.2 Å². The van der Waals surface area contributed by atoms with Crippen molar-refractivity contribution in [2.24, 2.45) is 0 Å². The van der Waals surface area contributed by atoms with E-state index in [4.69, 9.17) is 0 Å². The van der Waals surface area contributed by atoms with Gasteiger partial charge in [-0.15, -0.1) is 0 Å². The van der Waals surface area contributed by atoms with Gasteiger partial charge in [0.05, 0.1) is 0 Å². The quantitative estimate of drug-likeness (QED) is 0.777. The Bertz CT molecular complexity index is 532. The first-order valence-corrected chi connectivity index (χ1v) is 5.86. The summed E-state index contributed by atoms with van der Waals surface area (Å²) in [6.45, 7) is 2.05. The Kier molecular flexibility index (Phi) is 3.42. The lowest BCUT2D eigenvalue weighted by Gasteiger charge is -2.13. The van der Waals surface area contributed by atoms with Gasteiger partial charge in [-0.2, -0.15) is 0 Å². The van der Waals surface area contributed by atoms with Crippen LogP contribution in [0.2, 0.25) is 0 Å². The van der Waals surface area contributed by atoms with Crippen molar-refractivity contribution in [3.05, 3.63) is 53.6 Å². The van der Waals surface area contributed by atoms with E-state index in [9.17, 15) is 15.3 Å². The fourth-order valence-electron chi connectivity index (χ4n) is 1.98. The first-order chi connectivity index (χ1) is 8.56. The van der Waals surface area contributed by atoms with Gasteiger partial charge in [-0.25, -0.2) is 0 Å². The molecule has 2 aromatic rings. The molecular formula is C15H16O3. The second kappa shape index (κ2) is 5.00. The van der Waals surface area contributed by atoms with Crippen molar-refractivity contribution in [1.82, 2.24) is 0 Å². The Morgan fingerprint density at radius 2 is 1.50 bits per heavy atom.